The number of hydrogen-bond acceptors (Lipinski definition) is 6. The van der Waals surface area contributed by atoms with E-state index in [1.165, 1.54) is 40.1 Å². The van der Waals surface area contributed by atoms with Crippen LogP contribution in [0.15, 0.2) is 30.7 Å². The molecular weight excluding hydrogens is 411 g/mol. The molecule has 0 radical (unpaired) electrons. The third-order valence-corrected chi connectivity index (χ3v) is 5.10. The molecule has 4 heterocycles. The number of hydrogen-bond donors (Lipinski definition) is 1. The lowest BCUT2D eigenvalue weighted by Gasteiger charge is -2.38. The van der Waals surface area contributed by atoms with Crippen molar-refractivity contribution in [2.24, 2.45) is 11.8 Å². The van der Waals surface area contributed by atoms with E-state index in [0.29, 0.717) is 11.3 Å². The molecule has 7 nitrogen and oxygen atoms in total. The molecule has 1 N–H and O–H groups in total. The SMILES string of the molecule is OC[C@H]1C[C@@H](C(F)(F)F)CN(c2cc(-c3cnc4ccc(C(F)F)nn34)ncn2)C1. The van der Waals surface area contributed by atoms with Gasteiger partial charge in [0.25, 0.3) is 6.43 Å². The Morgan fingerprint density at radius 1 is 1.13 bits per heavy atom. The maximum absolute atomic E-state index is 13.3. The largest absolute Gasteiger partial charge is 0.396 e. The van der Waals surface area contributed by atoms with E-state index in [0.717, 1.165) is 0 Å². The predicted octanol–water partition coefficient (Wildman–Crippen LogP) is 3.12. The number of aromatic nitrogens is 5. The van der Waals surface area contributed by atoms with Gasteiger partial charge in [-0.1, -0.05) is 0 Å². The third kappa shape index (κ3) is 3.91. The van der Waals surface area contributed by atoms with Crippen molar-refractivity contribution in [2.75, 3.05) is 24.6 Å². The van der Waals surface area contributed by atoms with Gasteiger partial charge in [-0.25, -0.2) is 28.2 Å². The standard InChI is InChI=1S/C18H17F5N6O/c19-17(20)12-1-2-15-24-5-14(29(15)27-12)13-4-16(26-9-25-13)28-6-10(8-30)3-11(7-28)18(21,22)23/h1-2,4-5,9-11,17,30H,3,6-8H2/t10-,11+/m0/s1. The molecule has 30 heavy (non-hydrogen) atoms. The second-order valence-corrected chi connectivity index (χ2v) is 7.16. The first kappa shape index (κ1) is 20.4. The molecule has 0 unspecified atom stereocenters. The fraction of sp³-hybridized carbons (Fsp3) is 0.444. The van der Waals surface area contributed by atoms with Crippen molar-refractivity contribution in [1.29, 1.82) is 0 Å². The molecule has 0 spiro atoms. The summed E-state index contributed by atoms with van der Waals surface area (Å²) in [6.07, 6.45) is -4.73. The Morgan fingerprint density at radius 2 is 1.93 bits per heavy atom. The van der Waals surface area contributed by atoms with Gasteiger partial charge >= 0.3 is 6.18 Å². The first-order valence-electron chi connectivity index (χ1n) is 9.14. The zero-order valence-corrected chi connectivity index (χ0v) is 15.5. The molecule has 3 aromatic heterocycles. The van der Waals surface area contributed by atoms with Gasteiger partial charge < -0.3 is 10.0 Å². The monoisotopic (exact) mass is 428 g/mol. The van der Waals surface area contributed by atoms with Crippen molar-refractivity contribution in [3.8, 4) is 11.4 Å². The third-order valence-electron chi connectivity index (χ3n) is 5.10. The van der Waals surface area contributed by atoms with E-state index in [1.54, 1.807) is 0 Å². The Morgan fingerprint density at radius 3 is 2.63 bits per heavy atom. The molecule has 3 aromatic rings. The maximum atomic E-state index is 13.3. The van der Waals surface area contributed by atoms with Crippen LogP contribution in [0.5, 0.6) is 0 Å². The molecule has 12 heteroatoms. The fourth-order valence-electron chi connectivity index (χ4n) is 3.60. The molecule has 0 aliphatic carbocycles. The van der Waals surface area contributed by atoms with Gasteiger partial charge in [0.05, 0.1) is 17.8 Å². The summed E-state index contributed by atoms with van der Waals surface area (Å²) >= 11 is 0. The van der Waals surface area contributed by atoms with Gasteiger partial charge in [-0.3, -0.25) is 0 Å². The highest BCUT2D eigenvalue weighted by Crippen LogP contribution is 2.37. The van der Waals surface area contributed by atoms with Crippen LogP contribution in [0.4, 0.5) is 27.8 Å². The minimum atomic E-state index is -4.39. The lowest BCUT2D eigenvalue weighted by molar-refractivity contribution is -0.180. The van der Waals surface area contributed by atoms with Crippen molar-refractivity contribution < 1.29 is 27.1 Å². The van der Waals surface area contributed by atoms with Gasteiger partial charge in [0.1, 0.15) is 23.5 Å². The van der Waals surface area contributed by atoms with Crippen LogP contribution in [0.25, 0.3) is 17.0 Å². The second-order valence-electron chi connectivity index (χ2n) is 7.16. The van der Waals surface area contributed by atoms with Crippen LogP contribution in [0.3, 0.4) is 0 Å². The molecule has 1 aliphatic heterocycles. The number of anilines is 1. The normalized spacial score (nSPS) is 20.3. The maximum Gasteiger partial charge on any atom is 0.393 e. The van der Waals surface area contributed by atoms with Crippen molar-refractivity contribution >= 4 is 11.5 Å². The average Bonchev–Trinajstić information content (AvgIpc) is 3.16. The highest BCUT2D eigenvalue weighted by molar-refractivity contribution is 5.62. The minimum Gasteiger partial charge on any atom is -0.396 e. The Balaban J connectivity index is 1.69. The van der Waals surface area contributed by atoms with Gasteiger partial charge in [0.2, 0.25) is 0 Å². The number of piperidine rings is 1. The highest BCUT2D eigenvalue weighted by atomic mass is 19.4. The molecule has 160 valence electrons. The van der Waals surface area contributed by atoms with Crippen LogP contribution < -0.4 is 4.90 Å². The second kappa shape index (κ2) is 7.74. The molecule has 2 atom stereocenters. The Hall–Kier alpha value is -2.89. The molecule has 4 rings (SSSR count). The molecule has 1 aliphatic rings. The van der Waals surface area contributed by atoms with Gasteiger partial charge in [-0.15, -0.1) is 0 Å². The molecule has 0 amide bonds. The van der Waals surface area contributed by atoms with Crippen LogP contribution in [-0.4, -0.2) is 55.5 Å². The van der Waals surface area contributed by atoms with Crippen LogP contribution in [0.1, 0.15) is 18.5 Å². The number of halogens is 5. The number of aliphatic hydroxyl groups is 1. The van der Waals surface area contributed by atoms with Gasteiger partial charge in [0, 0.05) is 31.7 Å². The Kier molecular flexibility index (Phi) is 5.26. The van der Waals surface area contributed by atoms with E-state index in [-0.39, 0.29) is 37.6 Å². The lowest BCUT2D eigenvalue weighted by atomic mass is 9.89. The summed E-state index contributed by atoms with van der Waals surface area (Å²) in [4.78, 5) is 13.8. The molecular formula is C18H17F5N6O. The number of fused-ring (bicyclic) bond motifs is 1. The minimum absolute atomic E-state index is 0.151. The zero-order chi connectivity index (χ0) is 21.5. The Labute approximate surface area is 167 Å². The van der Waals surface area contributed by atoms with E-state index in [4.69, 9.17) is 0 Å². The lowest BCUT2D eigenvalue weighted by Crippen LogP contribution is -2.47. The number of aliphatic hydroxyl groups excluding tert-OH is 1. The number of nitrogens with zero attached hydrogens (tertiary/aromatic N) is 6. The molecule has 0 aromatic carbocycles. The van der Waals surface area contributed by atoms with Crippen molar-refractivity contribution in [3.63, 3.8) is 0 Å². The van der Waals surface area contributed by atoms with Gasteiger partial charge in [0.15, 0.2) is 5.65 Å². The quantitative estimate of drug-likeness (QED) is 0.644. The first-order valence-corrected chi connectivity index (χ1v) is 9.14. The van der Waals surface area contributed by atoms with E-state index in [9.17, 15) is 27.1 Å². The van der Waals surface area contributed by atoms with E-state index < -0.39 is 30.1 Å². The summed E-state index contributed by atoms with van der Waals surface area (Å²) in [6, 6.07) is 4.03. The van der Waals surface area contributed by atoms with Crippen LogP contribution in [0, 0.1) is 11.8 Å². The number of rotatable bonds is 4. The van der Waals surface area contributed by atoms with Crippen LogP contribution in [-0.2, 0) is 0 Å². The predicted molar refractivity (Wildman–Crippen MR) is 95.9 cm³/mol. The number of imidazole rings is 1. The summed E-state index contributed by atoms with van der Waals surface area (Å²) < 4.78 is 67.1. The average molecular weight is 428 g/mol. The summed E-state index contributed by atoms with van der Waals surface area (Å²) in [5.74, 6) is -1.89. The van der Waals surface area contributed by atoms with Gasteiger partial charge in [-0.2, -0.15) is 18.3 Å². The molecule has 0 saturated carbocycles. The molecule has 0 bridgehead atoms. The summed E-state index contributed by atoms with van der Waals surface area (Å²) in [6.45, 7) is -0.452. The topological polar surface area (TPSA) is 79.4 Å². The smallest absolute Gasteiger partial charge is 0.393 e. The number of alkyl halides is 5. The van der Waals surface area contributed by atoms with E-state index in [2.05, 4.69) is 20.1 Å². The van der Waals surface area contributed by atoms with Crippen molar-refractivity contribution in [3.05, 3.63) is 36.4 Å². The van der Waals surface area contributed by atoms with Crippen LogP contribution >= 0.6 is 0 Å². The highest BCUT2D eigenvalue weighted by Gasteiger charge is 2.44. The van der Waals surface area contributed by atoms with Crippen molar-refractivity contribution in [2.45, 2.75) is 19.0 Å². The van der Waals surface area contributed by atoms with E-state index in [1.807, 2.05) is 0 Å². The molecule has 1 fully saturated rings. The summed E-state index contributed by atoms with van der Waals surface area (Å²) in [5, 5.41) is 13.3. The van der Waals surface area contributed by atoms with Crippen molar-refractivity contribution in [1.82, 2.24) is 24.6 Å². The fourth-order valence-corrected chi connectivity index (χ4v) is 3.60. The molecule has 1 saturated heterocycles. The summed E-state index contributed by atoms with van der Waals surface area (Å²) in [7, 11) is 0. The van der Waals surface area contributed by atoms with Gasteiger partial charge in [-0.05, 0) is 18.6 Å². The van der Waals surface area contributed by atoms with Crippen LogP contribution in [0.2, 0.25) is 0 Å². The summed E-state index contributed by atoms with van der Waals surface area (Å²) in [5.41, 5.74) is 0.469. The van der Waals surface area contributed by atoms with E-state index >= 15 is 0 Å². The Bertz CT molecular complexity index is 1040. The first-order chi connectivity index (χ1) is 14.3. The zero-order valence-electron chi connectivity index (χ0n) is 15.5.